The molecule has 0 amide bonds. The summed E-state index contributed by atoms with van der Waals surface area (Å²) in [6.07, 6.45) is 4.99. The molecule has 1 saturated carbocycles. The molecule has 0 aliphatic heterocycles. The second kappa shape index (κ2) is 6.74. The van der Waals surface area contributed by atoms with Crippen LogP contribution in [0.3, 0.4) is 0 Å². The molecule has 1 fully saturated rings. The molecule has 0 saturated heterocycles. The molecular weight excluding hydrogens is 319 g/mol. The third-order valence-electron chi connectivity index (χ3n) is 4.69. The minimum Gasteiger partial charge on any atom is -0.391 e. The Bertz CT molecular complexity index is 807. The number of hydrogen-bond acceptors (Lipinski definition) is 4. The molecule has 1 aliphatic rings. The minimum absolute atomic E-state index is 0.0481. The Labute approximate surface area is 145 Å². The summed E-state index contributed by atoms with van der Waals surface area (Å²) in [5.41, 5.74) is 1.79. The molecule has 1 aromatic carbocycles. The predicted molar refractivity (Wildman–Crippen MR) is 91.3 cm³/mol. The number of aliphatic hydroxyl groups is 1. The van der Waals surface area contributed by atoms with Crippen molar-refractivity contribution in [3.63, 3.8) is 0 Å². The average Bonchev–Trinajstić information content (AvgIpc) is 3.13. The smallest absolute Gasteiger partial charge is 0.141 e. The van der Waals surface area contributed by atoms with Crippen molar-refractivity contribution in [2.75, 3.05) is 0 Å². The third-order valence-corrected chi connectivity index (χ3v) is 4.69. The highest BCUT2D eigenvalue weighted by atomic mass is 19.1. The molecule has 3 aromatic rings. The van der Waals surface area contributed by atoms with E-state index in [-0.39, 0.29) is 23.9 Å². The van der Waals surface area contributed by atoms with Crippen molar-refractivity contribution < 1.29 is 9.50 Å². The van der Waals surface area contributed by atoms with Gasteiger partial charge in [0.1, 0.15) is 5.82 Å². The van der Waals surface area contributed by atoms with Gasteiger partial charge in [-0.3, -0.25) is 15.0 Å². The molecule has 2 aromatic heterocycles. The molecule has 2 N–H and O–H groups in total. The first-order valence-corrected chi connectivity index (χ1v) is 8.32. The average molecular weight is 338 g/mol. The van der Waals surface area contributed by atoms with Crippen LogP contribution in [0.2, 0.25) is 0 Å². The Morgan fingerprint density at radius 1 is 1.16 bits per heavy atom. The van der Waals surface area contributed by atoms with Crippen LogP contribution >= 0.6 is 0 Å². The minimum atomic E-state index is -0.435. The van der Waals surface area contributed by atoms with Gasteiger partial charge >= 0.3 is 0 Å². The van der Waals surface area contributed by atoms with Crippen LogP contribution in [0.4, 0.5) is 4.39 Å². The fourth-order valence-electron chi connectivity index (χ4n) is 3.37. The van der Waals surface area contributed by atoms with E-state index in [2.05, 4.69) is 15.4 Å². The lowest BCUT2D eigenvalue weighted by molar-refractivity contribution is -0.0104. The fraction of sp³-hybridized carbons (Fsp3) is 0.263. The molecule has 4 atom stereocenters. The summed E-state index contributed by atoms with van der Waals surface area (Å²) < 4.78 is 15.0. The van der Waals surface area contributed by atoms with Gasteiger partial charge in [-0.25, -0.2) is 4.39 Å². The second-order valence-electron chi connectivity index (χ2n) is 6.30. The number of halogens is 1. The molecule has 1 aliphatic carbocycles. The van der Waals surface area contributed by atoms with E-state index in [1.165, 1.54) is 12.3 Å². The van der Waals surface area contributed by atoms with Crippen molar-refractivity contribution in [2.24, 2.45) is 0 Å². The molecule has 4 rings (SSSR count). The number of aromatic nitrogens is 3. The molecule has 128 valence electrons. The van der Waals surface area contributed by atoms with Gasteiger partial charge in [-0.1, -0.05) is 30.3 Å². The fourth-order valence-corrected chi connectivity index (χ4v) is 3.37. The lowest BCUT2D eigenvalue weighted by Gasteiger charge is -2.43. The van der Waals surface area contributed by atoms with E-state index in [9.17, 15) is 9.50 Å². The molecule has 25 heavy (non-hydrogen) atoms. The van der Waals surface area contributed by atoms with E-state index in [1.807, 2.05) is 42.6 Å². The number of aliphatic hydroxyl groups excluding tert-OH is 1. The highest BCUT2D eigenvalue weighted by Gasteiger charge is 2.43. The Hall–Kier alpha value is -2.57. The first-order valence-electron chi connectivity index (χ1n) is 8.32. The lowest BCUT2D eigenvalue weighted by Crippen LogP contribution is -2.55. The van der Waals surface area contributed by atoms with Gasteiger partial charge in [0.2, 0.25) is 0 Å². The molecule has 0 radical (unpaired) electrons. The number of rotatable bonds is 5. The van der Waals surface area contributed by atoms with Crippen LogP contribution in [0.25, 0.3) is 0 Å². The van der Waals surface area contributed by atoms with Gasteiger partial charge in [0.05, 0.1) is 30.1 Å². The van der Waals surface area contributed by atoms with Crippen molar-refractivity contribution in [1.29, 1.82) is 0 Å². The Balaban J connectivity index is 1.62. The second-order valence-corrected chi connectivity index (χ2v) is 6.30. The topological polar surface area (TPSA) is 63.0 Å². The van der Waals surface area contributed by atoms with E-state index in [0.29, 0.717) is 6.42 Å². The van der Waals surface area contributed by atoms with E-state index in [1.54, 1.807) is 16.9 Å². The third kappa shape index (κ3) is 3.18. The standard InChI is InChI=1S/C19H19FN4O/c20-14-7-8-15(21-12-14)18(13-5-2-1-3-6-13)23-16-11-17(25)19(16)24-10-4-9-22-24/h1-10,12,16-19,23,25H,11H2/t16-,17+,18?,19+/m0/s1. The van der Waals surface area contributed by atoms with Gasteiger partial charge in [-0.05, 0) is 30.2 Å². The molecule has 1 unspecified atom stereocenters. The number of nitrogens with one attached hydrogen (secondary N) is 1. The van der Waals surface area contributed by atoms with Crippen LogP contribution in [-0.4, -0.2) is 32.0 Å². The normalized spacial score (nSPS) is 23.8. The van der Waals surface area contributed by atoms with Gasteiger partial charge in [-0.2, -0.15) is 5.10 Å². The number of nitrogens with zero attached hydrogens (tertiary/aromatic N) is 3. The van der Waals surface area contributed by atoms with E-state index in [4.69, 9.17) is 0 Å². The van der Waals surface area contributed by atoms with Crippen molar-refractivity contribution >= 4 is 0 Å². The maximum Gasteiger partial charge on any atom is 0.141 e. The van der Waals surface area contributed by atoms with Crippen molar-refractivity contribution in [1.82, 2.24) is 20.1 Å². The van der Waals surface area contributed by atoms with Crippen LogP contribution in [0.5, 0.6) is 0 Å². The zero-order chi connectivity index (χ0) is 17.2. The number of hydrogen-bond donors (Lipinski definition) is 2. The summed E-state index contributed by atoms with van der Waals surface area (Å²) >= 11 is 0. The summed E-state index contributed by atoms with van der Waals surface area (Å²) in [4.78, 5) is 4.25. The SMILES string of the molecule is O[C@@H]1C[C@H](NC(c2ccccc2)c2ccc(F)cn2)[C@H]1n1cccn1. The Kier molecular flexibility index (Phi) is 4.29. The van der Waals surface area contributed by atoms with Gasteiger partial charge in [0.25, 0.3) is 0 Å². The van der Waals surface area contributed by atoms with Gasteiger partial charge < -0.3 is 5.11 Å². The summed E-state index contributed by atoms with van der Waals surface area (Å²) in [5.74, 6) is -0.357. The van der Waals surface area contributed by atoms with Crippen LogP contribution in [-0.2, 0) is 0 Å². The molecule has 6 heteroatoms. The highest BCUT2D eigenvalue weighted by molar-refractivity contribution is 5.28. The van der Waals surface area contributed by atoms with Crippen LogP contribution in [0.15, 0.2) is 67.1 Å². The molecular formula is C19H19FN4O. The van der Waals surface area contributed by atoms with Crippen molar-refractivity contribution in [3.05, 3.63) is 84.2 Å². The maximum atomic E-state index is 13.3. The molecule has 0 spiro atoms. The predicted octanol–water partition coefficient (Wildman–Crippen LogP) is 2.47. The van der Waals surface area contributed by atoms with Crippen LogP contribution < -0.4 is 5.32 Å². The summed E-state index contributed by atoms with van der Waals surface area (Å²) in [6, 6.07) is 14.6. The number of benzene rings is 1. The zero-order valence-electron chi connectivity index (χ0n) is 13.5. The summed E-state index contributed by atoms with van der Waals surface area (Å²) in [7, 11) is 0. The largest absolute Gasteiger partial charge is 0.391 e. The molecule has 5 nitrogen and oxygen atoms in total. The highest BCUT2D eigenvalue weighted by Crippen LogP contribution is 2.35. The molecule has 0 bridgehead atoms. The van der Waals surface area contributed by atoms with E-state index < -0.39 is 6.10 Å². The number of pyridine rings is 1. The van der Waals surface area contributed by atoms with Crippen molar-refractivity contribution in [2.45, 2.75) is 30.7 Å². The Morgan fingerprint density at radius 2 is 2.00 bits per heavy atom. The Morgan fingerprint density at radius 3 is 2.64 bits per heavy atom. The first-order chi connectivity index (χ1) is 12.2. The van der Waals surface area contributed by atoms with E-state index in [0.717, 1.165) is 11.3 Å². The summed E-state index contributed by atoms with van der Waals surface area (Å²) in [6.45, 7) is 0. The van der Waals surface area contributed by atoms with E-state index >= 15 is 0 Å². The summed E-state index contributed by atoms with van der Waals surface area (Å²) in [5, 5.41) is 18.0. The monoisotopic (exact) mass is 338 g/mol. The van der Waals surface area contributed by atoms with Gasteiger partial charge in [0.15, 0.2) is 0 Å². The lowest BCUT2D eigenvalue weighted by atomic mass is 9.82. The zero-order valence-corrected chi connectivity index (χ0v) is 13.5. The van der Waals surface area contributed by atoms with Crippen LogP contribution in [0, 0.1) is 5.82 Å². The quantitative estimate of drug-likeness (QED) is 0.750. The maximum absolute atomic E-state index is 13.3. The van der Waals surface area contributed by atoms with Crippen LogP contribution in [0.1, 0.15) is 29.8 Å². The van der Waals surface area contributed by atoms with Gasteiger partial charge in [0, 0.05) is 18.4 Å². The first kappa shape index (κ1) is 15.9. The molecule has 2 heterocycles. The van der Waals surface area contributed by atoms with Crippen molar-refractivity contribution in [3.8, 4) is 0 Å². The van der Waals surface area contributed by atoms with Gasteiger partial charge in [-0.15, -0.1) is 0 Å².